The van der Waals surface area contributed by atoms with Crippen molar-refractivity contribution in [3.05, 3.63) is 29.3 Å². The lowest BCUT2D eigenvalue weighted by Gasteiger charge is -2.42. The predicted molar refractivity (Wildman–Crippen MR) is 102 cm³/mol. The molecule has 2 atom stereocenters. The van der Waals surface area contributed by atoms with Crippen LogP contribution in [-0.2, 0) is 20.9 Å². The monoisotopic (exact) mass is 431 g/mol. The third kappa shape index (κ3) is 4.37. The van der Waals surface area contributed by atoms with Gasteiger partial charge in [-0.25, -0.2) is 12.7 Å². The number of ether oxygens (including phenoxy) is 1. The highest BCUT2D eigenvalue weighted by Crippen LogP contribution is 2.46. The molecule has 2 saturated heterocycles. The van der Waals surface area contributed by atoms with Gasteiger partial charge >= 0.3 is 6.18 Å². The lowest BCUT2D eigenvalue weighted by atomic mass is 9.74. The van der Waals surface area contributed by atoms with Crippen LogP contribution in [0.3, 0.4) is 0 Å². The molecule has 0 saturated carbocycles. The van der Waals surface area contributed by atoms with E-state index < -0.39 is 27.3 Å². The third-order valence-corrected chi connectivity index (χ3v) is 7.22. The molecule has 2 aliphatic rings. The van der Waals surface area contributed by atoms with Crippen LogP contribution in [-0.4, -0.2) is 58.4 Å². The summed E-state index contributed by atoms with van der Waals surface area (Å²) in [6.45, 7) is 4.44. The van der Waals surface area contributed by atoms with Gasteiger partial charge in [0.1, 0.15) is 0 Å². The van der Waals surface area contributed by atoms with E-state index in [1.165, 1.54) is 22.7 Å². The lowest BCUT2D eigenvalue weighted by Crippen LogP contribution is -2.50. The zero-order chi connectivity index (χ0) is 21.4. The average Bonchev–Trinajstić information content (AvgIpc) is 3.03. The first-order valence-corrected chi connectivity index (χ1v) is 11.2. The zero-order valence-electron chi connectivity index (χ0n) is 16.4. The topological polar surface area (TPSA) is 73.6 Å². The molecule has 0 aliphatic carbocycles. The number of alkyl halides is 3. The number of hydrogen-bond acceptors (Lipinski definition) is 5. The summed E-state index contributed by atoms with van der Waals surface area (Å²) in [4.78, 5) is 1.85. The van der Waals surface area contributed by atoms with Crippen molar-refractivity contribution >= 4 is 15.7 Å². The SMILES string of the molecule is CCOCC12CCN(S(C)(=O)=O)CC1CN(c1ccc(C#N)c(C(F)(F)F)c1)C2. The van der Waals surface area contributed by atoms with Crippen LogP contribution in [0.4, 0.5) is 18.9 Å². The van der Waals surface area contributed by atoms with E-state index in [9.17, 15) is 21.6 Å². The van der Waals surface area contributed by atoms with Crippen LogP contribution in [0.1, 0.15) is 24.5 Å². The first-order valence-electron chi connectivity index (χ1n) is 9.39. The smallest absolute Gasteiger partial charge is 0.381 e. The second-order valence-electron chi connectivity index (χ2n) is 7.79. The molecule has 0 amide bonds. The van der Waals surface area contributed by atoms with E-state index in [4.69, 9.17) is 10.00 Å². The maximum absolute atomic E-state index is 13.4. The molecule has 29 heavy (non-hydrogen) atoms. The van der Waals surface area contributed by atoms with E-state index in [-0.39, 0.29) is 11.3 Å². The van der Waals surface area contributed by atoms with E-state index in [1.807, 2.05) is 11.8 Å². The lowest BCUT2D eigenvalue weighted by molar-refractivity contribution is -0.137. The Bertz CT molecular complexity index is 914. The molecule has 0 spiro atoms. The molecule has 3 rings (SSSR count). The molecule has 2 unspecified atom stereocenters. The standard InChI is InChI=1S/C19H24F3N3O3S/c1-3-28-13-18-6-7-25(29(2,26)27)11-15(18)10-24(12-18)16-5-4-14(9-23)17(8-16)19(20,21)22/h4-5,8,15H,3,6-7,10-13H2,1-2H3. The molecule has 0 N–H and O–H groups in total. The predicted octanol–water partition coefficient (Wildman–Crippen LogP) is 2.70. The average molecular weight is 431 g/mol. The normalized spacial score (nSPS) is 25.7. The van der Waals surface area contributed by atoms with Gasteiger partial charge in [0, 0.05) is 43.9 Å². The molecule has 0 radical (unpaired) electrons. The fourth-order valence-electron chi connectivity index (χ4n) is 4.35. The molecule has 0 bridgehead atoms. The molecule has 160 valence electrons. The van der Waals surface area contributed by atoms with Gasteiger partial charge in [0.05, 0.1) is 30.1 Å². The number of halogens is 3. The summed E-state index contributed by atoms with van der Waals surface area (Å²) < 4.78 is 71.2. The maximum atomic E-state index is 13.4. The number of rotatable bonds is 5. The molecule has 2 fully saturated rings. The number of hydrogen-bond donors (Lipinski definition) is 0. The van der Waals surface area contributed by atoms with Crippen molar-refractivity contribution in [1.29, 1.82) is 5.26 Å². The van der Waals surface area contributed by atoms with E-state index in [0.29, 0.717) is 51.5 Å². The summed E-state index contributed by atoms with van der Waals surface area (Å²) >= 11 is 0. The number of nitrogens with zero attached hydrogens (tertiary/aromatic N) is 3. The molecular formula is C19H24F3N3O3S. The van der Waals surface area contributed by atoms with Gasteiger partial charge in [-0.15, -0.1) is 0 Å². The van der Waals surface area contributed by atoms with Gasteiger partial charge in [-0.3, -0.25) is 0 Å². The Hall–Kier alpha value is -1.83. The van der Waals surface area contributed by atoms with Crippen LogP contribution in [0.25, 0.3) is 0 Å². The Labute approximate surface area is 168 Å². The second kappa shape index (κ2) is 7.78. The Morgan fingerprint density at radius 1 is 1.34 bits per heavy atom. The summed E-state index contributed by atoms with van der Waals surface area (Å²) in [7, 11) is -3.34. The molecule has 1 aromatic rings. The van der Waals surface area contributed by atoms with E-state index in [2.05, 4.69) is 0 Å². The summed E-state index contributed by atoms with van der Waals surface area (Å²) in [5, 5.41) is 9.01. The van der Waals surface area contributed by atoms with Gasteiger partial charge in [0.25, 0.3) is 0 Å². The summed E-state index contributed by atoms with van der Waals surface area (Å²) in [5.41, 5.74) is -1.30. The van der Waals surface area contributed by atoms with Gasteiger partial charge in [0.15, 0.2) is 0 Å². The van der Waals surface area contributed by atoms with Gasteiger partial charge in [-0.05, 0) is 37.5 Å². The fraction of sp³-hybridized carbons (Fsp3) is 0.632. The van der Waals surface area contributed by atoms with Crippen molar-refractivity contribution in [3.63, 3.8) is 0 Å². The largest absolute Gasteiger partial charge is 0.417 e. The van der Waals surface area contributed by atoms with Crippen LogP contribution < -0.4 is 4.90 Å². The molecule has 2 heterocycles. The van der Waals surface area contributed by atoms with Crippen molar-refractivity contribution in [2.24, 2.45) is 11.3 Å². The highest BCUT2D eigenvalue weighted by Gasteiger charge is 2.51. The molecule has 10 heteroatoms. The Morgan fingerprint density at radius 2 is 2.07 bits per heavy atom. The summed E-state index contributed by atoms with van der Waals surface area (Å²) in [6.07, 6.45) is -2.86. The summed E-state index contributed by atoms with van der Waals surface area (Å²) in [5.74, 6) is -0.0532. The minimum absolute atomic E-state index is 0.0532. The number of fused-ring (bicyclic) bond motifs is 1. The molecular weight excluding hydrogens is 407 g/mol. The fourth-order valence-corrected chi connectivity index (χ4v) is 5.23. The van der Waals surface area contributed by atoms with Crippen LogP contribution >= 0.6 is 0 Å². The second-order valence-corrected chi connectivity index (χ2v) is 9.77. The Balaban J connectivity index is 1.92. The number of nitriles is 1. The van der Waals surface area contributed by atoms with Crippen molar-refractivity contribution in [3.8, 4) is 6.07 Å². The maximum Gasteiger partial charge on any atom is 0.417 e. The first-order chi connectivity index (χ1) is 13.5. The Kier molecular flexibility index (Phi) is 5.87. The number of sulfonamides is 1. The number of anilines is 1. The third-order valence-electron chi connectivity index (χ3n) is 5.95. The molecule has 0 aromatic heterocycles. The minimum Gasteiger partial charge on any atom is -0.381 e. The number of piperidine rings is 1. The van der Waals surface area contributed by atoms with Crippen molar-refractivity contribution in [1.82, 2.24) is 4.31 Å². The van der Waals surface area contributed by atoms with Gasteiger partial charge in [-0.2, -0.15) is 18.4 Å². The van der Waals surface area contributed by atoms with Crippen LogP contribution in [0.15, 0.2) is 18.2 Å². The first kappa shape index (κ1) is 21.9. The van der Waals surface area contributed by atoms with Gasteiger partial charge in [-0.1, -0.05) is 0 Å². The van der Waals surface area contributed by atoms with E-state index in [0.717, 1.165) is 6.07 Å². The van der Waals surface area contributed by atoms with Crippen molar-refractivity contribution in [2.45, 2.75) is 19.5 Å². The van der Waals surface area contributed by atoms with E-state index in [1.54, 1.807) is 6.07 Å². The quantitative estimate of drug-likeness (QED) is 0.717. The molecule has 2 aliphatic heterocycles. The molecule has 6 nitrogen and oxygen atoms in total. The summed E-state index contributed by atoms with van der Waals surface area (Å²) in [6, 6.07) is 5.32. The van der Waals surface area contributed by atoms with Crippen LogP contribution in [0, 0.1) is 22.7 Å². The Morgan fingerprint density at radius 3 is 2.66 bits per heavy atom. The number of benzene rings is 1. The van der Waals surface area contributed by atoms with E-state index >= 15 is 0 Å². The highest BCUT2D eigenvalue weighted by molar-refractivity contribution is 7.88. The molecule has 1 aromatic carbocycles. The van der Waals surface area contributed by atoms with Crippen molar-refractivity contribution in [2.75, 3.05) is 50.5 Å². The van der Waals surface area contributed by atoms with Crippen LogP contribution in [0.2, 0.25) is 0 Å². The minimum atomic E-state index is -4.62. The van der Waals surface area contributed by atoms with Crippen molar-refractivity contribution < 1.29 is 26.3 Å². The van der Waals surface area contributed by atoms with Gasteiger partial charge in [0.2, 0.25) is 10.0 Å². The highest BCUT2D eigenvalue weighted by atomic mass is 32.2. The van der Waals surface area contributed by atoms with Gasteiger partial charge < -0.3 is 9.64 Å². The van der Waals surface area contributed by atoms with Crippen LogP contribution in [0.5, 0.6) is 0 Å². The zero-order valence-corrected chi connectivity index (χ0v) is 17.2.